The summed E-state index contributed by atoms with van der Waals surface area (Å²) < 4.78 is 0. The number of hydrogen-bond donors (Lipinski definition) is 2. The van der Waals surface area contributed by atoms with E-state index in [2.05, 4.69) is 5.32 Å². The number of aromatic carboxylic acids is 1. The van der Waals surface area contributed by atoms with Crippen molar-refractivity contribution in [1.82, 2.24) is 0 Å². The van der Waals surface area contributed by atoms with Crippen LogP contribution in [0.2, 0.25) is 5.02 Å². The number of allylic oxidation sites excluding steroid dienone is 1. The molecule has 27 heavy (non-hydrogen) atoms. The van der Waals surface area contributed by atoms with Crippen molar-refractivity contribution in [3.8, 4) is 10.4 Å². The number of halogens is 1. The number of anilines is 1. The van der Waals surface area contributed by atoms with E-state index in [1.54, 1.807) is 35.7 Å². The Morgan fingerprint density at radius 2 is 1.89 bits per heavy atom. The van der Waals surface area contributed by atoms with E-state index in [-0.39, 0.29) is 11.5 Å². The lowest BCUT2D eigenvalue weighted by Gasteiger charge is -2.08. The van der Waals surface area contributed by atoms with Gasteiger partial charge in [-0.1, -0.05) is 42.0 Å². The Labute approximate surface area is 164 Å². The van der Waals surface area contributed by atoms with Gasteiger partial charge in [0.2, 0.25) is 0 Å². The Hall–Kier alpha value is -2.89. The van der Waals surface area contributed by atoms with Crippen molar-refractivity contribution in [2.75, 3.05) is 5.32 Å². The SMILES string of the molecule is O=C(Nc1csc(-c2ccc(Cl)cc2)c1C(=O)O)c1ccc2c(c1)C=CC2. The summed E-state index contributed by atoms with van der Waals surface area (Å²) in [6.07, 6.45) is 4.90. The first kappa shape index (κ1) is 17.5. The molecular formula is C21H14ClNO3S. The molecule has 4 rings (SSSR count). The standard InChI is InChI=1S/C21H14ClNO3S/c22-16-8-6-13(7-9-16)19-18(21(25)26)17(11-27-19)23-20(24)15-5-4-12-2-1-3-14(12)10-15/h1,3-11H,2H2,(H,23,24)(H,25,26). The van der Waals surface area contributed by atoms with Crippen LogP contribution in [0.15, 0.2) is 53.9 Å². The minimum atomic E-state index is -1.09. The van der Waals surface area contributed by atoms with E-state index in [0.29, 0.717) is 21.2 Å². The number of amides is 1. The summed E-state index contributed by atoms with van der Waals surface area (Å²) in [7, 11) is 0. The van der Waals surface area contributed by atoms with Gasteiger partial charge in [-0.2, -0.15) is 0 Å². The first-order chi connectivity index (χ1) is 13.0. The van der Waals surface area contributed by atoms with Crippen molar-refractivity contribution in [3.05, 3.63) is 81.2 Å². The number of benzene rings is 2. The Morgan fingerprint density at radius 3 is 2.63 bits per heavy atom. The predicted octanol–water partition coefficient (Wildman–Crippen LogP) is 5.59. The first-order valence-electron chi connectivity index (χ1n) is 8.24. The molecule has 2 N–H and O–H groups in total. The van der Waals surface area contributed by atoms with E-state index in [4.69, 9.17) is 11.6 Å². The zero-order valence-electron chi connectivity index (χ0n) is 14.0. The van der Waals surface area contributed by atoms with Crippen molar-refractivity contribution in [2.24, 2.45) is 0 Å². The average molecular weight is 396 g/mol. The molecule has 134 valence electrons. The second kappa shape index (κ2) is 7.02. The molecule has 1 aromatic heterocycles. The van der Waals surface area contributed by atoms with Crippen molar-refractivity contribution in [1.29, 1.82) is 0 Å². The summed E-state index contributed by atoms with van der Waals surface area (Å²) in [4.78, 5) is 25.0. The fourth-order valence-electron chi connectivity index (χ4n) is 3.06. The molecular weight excluding hydrogens is 382 g/mol. The normalized spacial score (nSPS) is 12.0. The van der Waals surface area contributed by atoms with Gasteiger partial charge in [-0.3, -0.25) is 4.79 Å². The Morgan fingerprint density at radius 1 is 1.11 bits per heavy atom. The number of thiophene rings is 1. The van der Waals surface area contributed by atoms with Crippen LogP contribution in [-0.4, -0.2) is 17.0 Å². The van der Waals surface area contributed by atoms with Crippen molar-refractivity contribution in [3.63, 3.8) is 0 Å². The summed E-state index contributed by atoms with van der Waals surface area (Å²) in [6, 6.07) is 12.4. The molecule has 0 saturated heterocycles. The minimum Gasteiger partial charge on any atom is -0.478 e. The van der Waals surface area contributed by atoms with Gasteiger partial charge in [-0.05, 0) is 47.4 Å². The molecule has 0 aliphatic heterocycles. The summed E-state index contributed by atoms with van der Waals surface area (Å²) >= 11 is 7.18. The van der Waals surface area contributed by atoms with Crippen LogP contribution in [0.25, 0.3) is 16.5 Å². The minimum absolute atomic E-state index is 0.0803. The van der Waals surface area contributed by atoms with Crippen molar-refractivity contribution < 1.29 is 14.7 Å². The molecule has 3 aromatic rings. The largest absolute Gasteiger partial charge is 0.478 e. The summed E-state index contributed by atoms with van der Waals surface area (Å²) in [5.74, 6) is -1.42. The van der Waals surface area contributed by atoms with Gasteiger partial charge in [0.25, 0.3) is 5.91 Å². The van der Waals surface area contributed by atoms with Gasteiger partial charge in [0.1, 0.15) is 5.56 Å². The van der Waals surface area contributed by atoms with Crippen LogP contribution in [0.1, 0.15) is 31.8 Å². The lowest BCUT2D eigenvalue weighted by atomic mass is 10.1. The van der Waals surface area contributed by atoms with Gasteiger partial charge in [0.05, 0.1) is 10.6 Å². The van der Waals surface area contributed by atoms with E-state index in [0.717, 1.165) is 17.5 Å². The lowest BCUT2D eigenvalue weighted by molar-refractivity contribution is 0.0699. The number of rotatable bonds is 4. The monoisotopic (exact) mass is 395 g/mol. The van der Waals surface area contributed by atoms with Crippen molar-refractivity contribution in [2.45, 2.75) is 6.42 Å². The Balaban J connectivity index is 1.66. The van der Waals surface area contributed by atoms with Gasteiger partial charge in [-0.25, -0.2) is 4.79 Å². The maximum atomic E-state index is 12.6. The lowest BCUT2D eigenvalue weighted by Crippen LogP contribution is -2.14. The second-order valence-electron chi connectivity index (χ2n) is 6.14. The molecule has 1 aliphatic rings. The van der Waals surface area contributed by atoms with Crippen LogP contribution >= 0.6 is 22.9 Å². The van der Waals surface area contributed by atoms with E-state index >= 15 is 0 Å². The summed E-state index contributed by atoms with van der Waals surface area (Å²) in [5.41, 5.74) is 3.81. The third kappa shape index (κ3) is 3.39. The van der Waals surface area contributed by atoms with Crippen LogP contribution in [0.5, 0.6) is 0 Å². The van der Waals surface area contributed by atoms with Crippen LogP contribution in [0, 0.1) is 0 Å². The molecule has 0 radical (unpaired) electrons. The van der Waals surface area contributed by atoms with Crippen LogP contribution in [0.4, 0.5) is 5.69 Å². The first-order valence-corrected chi connectivity index (χ1v) is 9.50. The third-order valence-electron chi connectivity index (χ3n) is 4.40. The summed E-state index contributed by atoms with van der Waals surface area (Å²) in [6.45, 7) is 0. The van der Waals surface area contributed by atoms with E-state index in [9.17, 15) is 14.7 Å². The molecule has 0 fully saturated rings. The number of carboxylic acid groups (broad SMARTS) is 1. The predicted molar refractivity (Wildman–Crippen MR) is 109 cm³/mol. The maximum Gasteiger partial charge on any atom is 0.339 e. The molecule has 6 heteroatoms. The number of hydrogen-bond acceptors (Lipinski definition) is 3. The maximum absolute atomic E-state index is 12.6. The smallest absolute Gasteiger partial charge is 0.339 e. The molecule has 1 heterocycles. The van der Waals surface area contributed by atoms with Gasteiger partial charge >= 0.3 is 5.97 Å². The quantitative estimate of drug-likeness (QED) is 0.605. The van der Waals surface area contributed by atoms with Crippen molar-refractivity contribution >= 4 is 46.6 Å². The van der Waals surface area contributed by atoms with Crippen LogP contribution in [0.3, 0.4) is 0 Å². The van der Waals surface area contributed by atoms with Crippen LogP contribution < -0.4 is 5.32 Å². The molecule has 0 unspecified atom stereocenters. The zero-order valence-corrected chi connectivity index (χ0v) is 15.6. The highest BCUT2D eigenvalue weighted by Gasteiger charge is 2.22. The fourth-order valence-corrected chi connectivity index (χ4v) is 4.19. The Kier molecular flexibility index (Phi) is 4.56. The van der Waals surface area contributed by atoms with Crippen LogP contribution in [-0.2, 0) is 6.42 Å². The molecule has 1 amide bonds. The molecule has 1 aliphatic carbocycles. The molecule has 2 aromatic carbocycles. The number of carbonyl (C=O) groups excluding carboxylic acids is 1. The van der Waals surface area contributed by atoms with Gasteiger partial charge in [0.15, 0.2) is 0 Å². The highest BCUT2D eigenvalue weighted by molar-refractivity contribution is 7.14. The van der Waals surface area contributed by atoms with Gasteiger partial charge in [0, 0.05) is 16.0 Å². The molecule has 0 spiro atoms. The zero-order chi connectivity index (χ0) is 19.0. The van der Waals surface area contributed by atoms with Gasteiger partial charge in [-0.15, -0.1) is 11.3 Å². The number of carbonyl (C=O) groups is 2. The fraction of sp³-hybridized carbons (Fsp3) is 0.0476. The highest BCUT2D eigenvalue weighted by atomic mass is 35.5. The number of nitrogens with one attached hydrogen (secondary N) is 1. The van der Waals surface area contributed by atoms with E-state index < -0.39 is 5.97 Å². The highest BCUT2D eigenvalue weighted by Crippen LogP contribution is 2.36. The summed E-state index contributed by atoms with van der Waals surface area (Å²) in [5, 5.41) is 14.6. The molecule has 4 nitrogen and oxygen atoms in total. The van der Waals surface area contributed by atoms with E-state index in [1.165, 1.54) is 16.9 Å². The molecule has 0 atom stereocenters. The van der Waals surface area contributed by atoms with E-state index in [1.807, 2.05) is 24.3 Å². The number of carboxylic acids is 1. The Bertz CT molecular complexity index is 1080. The topological polar surface area (TPSA) is 66.4 Å². The number of fused-ring (bicyclic) bond motifs is 1. The second-order valence-corrected chi connectivity index (χ2v) is 7.46. The molecule has 0 saturated carbocycles. The third-order valence-corrected chi connectivity index (χ3v) is 5.68. The molecule has 0 bridgehead atoms. The average Bonchev–Trinajstić information content (AvgIpc) is 3.28. The van der Waals surface area contributed by atoms with Gasteiger partial charge < -0.3 is 10.4 Å².